The van der Waals surface area contributed by atoms with Gasteiger partial charge in [-0.3, -0.25) is 4.79 Å². The molecular weight excluding hydrogens is 222 g/mol. The first-order valence-electron chi connectivity index (χ1n) is 5.26. The number of ether oxygens (including phenoxy) is 2. The molecule has 0 fully saturated rings. The summed E-state index contributed by atoms with van der Waals surface area (Å²) in [6.07, 6.45) is 0. The number of methoxy groups -OCH3 is 2. The molecule has 0 heterocycles. The summed E-state index contributed by atoms with van der Waals surface area (Å²) in [6, 6.07) is 4.64. The van der Waals surface area contributed by atoms with Crippen LogP contribution in [0.1, 0.15) is 17.3 Å². The Labute approximate surface area is 100 Å². The summed E-state index contributed by atoms with van der Waals surface area (Å²) in [5.41, 5.74) is 0.187. The lowest BCUT2D eigenvalue weighted by Crippen LogP contribution is -2.35. The van der Waals surface area contributed by atoms with Crippen molar-refractivity contribution in [3.63, 3.8) is 0 Å². The summed E-state index contributed by atoms with van der Waals surface area (Å²) in [5, 5.41) is 12.5. The molecule has 1 atom stereocenters. The van der Waals surface area contributed by atoms with Gasteiger partial charge in [-0.25, -0.2) is 0 Å². The minimum absolute atomic E-state index is 0.127. The highest BCUT2D eigenvalue weighted by atomic mass is 16.5. The van der Waals surface area contributed by atoms with Crippen LogP contribution in [0.3, 0.4) is 0 Å². The molecule has 0 spiro atoms. The predicted octanol–water partition coefficient (Wildman–Crippen LogP) is 1.17. The monoisotopic (exact) mass is 239 g/mol. The largest absolute Gasteiger partial charge is 0.504 e. The number of hydrogen-bond acceptors (Lipinski definition) is 4. The van der Waals surface area contributed by atoms with Crippen molar-refractivity contribution in [3.8, 4) is 11.5 Å². The van der Waals surface area contributed by atoms with E-state index in [1.807, 2.05) is 6.92 Å². The van der Waals surface area contributed by atoms with Crippen LogP contribution in [-0.2, 0) is 4.74 Å². The van der Waals surface area contributed by atoms with Gasteiger partial charge in [0.25, 0.3) is 5.91 Å². The van der Waals surface area contributed by atoms with Crippen molar-refractivity contribution in [2.24, 2.45) is 0 Å². The van der Waals surface area contributed by atoms with E-state index in [2.05, 4.69) is 5.32 Å². The number of phenolic OH excluding ortho intramolecular Hbond substituents is 1. The van der Waals surface area contributed by atoms with Crippen molar-refractivity contribution in [1.82, 2.24) is 5.32 Å². The fourth-order valence-corrected chi connectivity index (χ4v) is 1.46. The van der Waals surface area contributed by atoms with Crippen LogP contribution in [-0.4, -0.2) is 37.9 Å². The minimum Gasteiger partial charge on any atom is -0.504 e. The van der Waals surface area contributed by atoms with E-state index in [0.717, 1.165) is 0 Å². The first-order chi connectivity index (χ1) is 8.10. The number of rotatable bonds is 5. The van der Waals surface area contributed by atoms with Gasteiger partial charge in [0.05, 0.1) is 19.3 Å². The molecule has 0 radical (unpaired) electrons. The van der Waals surface area contributed by atoms with Crippen LogP contribution in [0.4, 0.5) is 0 Å². The molecule has 0 saturated carbocycles. The maximum absolute atomic E-state index is 11.8. The van der Waals surface area contributed by atoms with Crippen LogP contribution in [0.25, 0.3) is 0 Å². The molecule has 5 nitrogen and oxygen atoms in total. The highest BCUT2D eigenvalue weighted by Crippen LogP contribution is 2.29. The average Bonchev–Trinajstić information content (AvgIpc) is 2.29. The average molecular weight is 239 g/mol. The molecule has 1 amide bonds. The second-order valence-electron chi connectivity index (χ2n) is 3.69. The summed E-state index contributed by atoms with van der Waals surface area (Å²) in [4.78, 5) is 11.8. The smallest absolute Gasteiger partial charge is 0.255 e. The maximum atomic E-state index is 11.8. The highest BCUT2D eigenvalue weighted by Gasteiger charge is 2.16. The van der Waals surface area contributed by atoms with Crippen LogP contribution in [0.5, 0.6) is 11.5 Å². The Kier molecular flexibility index (Phi) is 4.78. The number of para-hydroxylation sites is 1. The number of nitrogens with one attached hydrogen (secondary N) is 1. The molecule has 94 valence electrons. The van der Waals surface area contributed by atoms with Gasteiger partial charge in [-0.15, -0.1) is 0 Å². The van der Waals surface area contributed by atoms with Crippen LogP contribution >= 0.6 is 0 Å². The number of carbonyl (C=O) groups is 1. The lowest BCUT2D eigenvalue weighted by molar-refractivity contribution is 0.0902. The van der Waals surface area contributed by atoms with Crippen molar-refractivity contribution in [3.05, 3.63) is 23.8 Å². The Hall–Kier alpha value is -1.75. The Balaban J connectivity index is 2.82. The summed E-state index contributed by atoms with van der Waals surface area (Å²) >= 11 is 0. The number of aromatic hydroxyl groups is 1. The van der Waals surface area contributed by atoms with Gasteiger partial charge in [-0.05, 0) is 19.1 Å². The first-order valence-corrected chi connectivity index (χ1v) is 5.26. The minimum atomic E-state index is -0.356. The number of amides is 1. The molecule has 1 unspecified atom stereocenters. The molecule has 0 aromatic heterocycles. The Bertz CT molecular complexity index is 392. The van der Waals surface area contributed by atoms with Crippen molar-refractivity contribution < 1.29 is 19.4 Å². The quantitative estimate of drug-likeness (QED) is 0.809. The van der Waals surface area contributed by atoms with E-state index >= 15 is 0 Å². The standard InChI is InChI=1S/C12H17NO4/c1-8(7-16-2)13-12(15)9-5-4-6-10(17-3)11(9)14/h4-6,8,14H,7H2,1-3H3,(H,13,15). The Morgan fingerprint density at radius 1 is 1.47 bits per heavy atom. The zero-order valence-electron chi connectivity index (χ0n) is 10.2. The normalized spacial score (nSPS) is 11.9. The molecule has 17 heavy (non-hydrogen) atoms. The van der Waals surface area contributed by atoms with Crippen molar-refractivity contribution in [2.75, 3.05) is 20.8 Å². The summed E-state index contributed by atoms with van der Waals surface area (Å²) in [7, 11) is 3.00. The topological polar surface area (TPSA) is 67.8 Å². The van der Waals surface area contributed by atoms with E-state index in [4.69, 9.17) is 9.47 Å². The van der Waals surface area contributed by atoms with Crippen LogP contribution in [0.2, 0.25) is 0 Å². The lowest BCUT2D eigenvalue weighted by atomic mass is 10.1. The van der Waals surface area contributed by atoms with Gasteiger partial charge in [0, 0.05) is 13.2 Å². The molecule has 1 aromatic rings. The third-order valence-corrected chi connectivity index (χ3v) is 2.26. The predicted molar refractivity (Wildman–Crippen MR) is 63.5 cm³/mol. The highest BCUT2D eigenvalue weighted by molar-refractivity contribution is 5.97. The van der Waals surface area contributed by atoms with Gasteiger partial charge < -0.3 is 19.9 Å². The molecule has 0 aliphatic rings. The van der Waals surface area contributed by atoms with Gasteiger partial charge in [0.2, 0.25) is 0 Å². The van der Waals surface area contributed by atoms with Crippen LogP contribution in [0.15, 0.2) is 18.2 Å². The van der Waals surface area contributed by atoms with Gasteiger partial charge in [0.15, 0.2) is 11.5 Å². The number of carbonyl (C=O) groups excluding carboxylic acids is 1. The zero-order chi connectivity index (χ0) is 12.8. The fraction of sp³-hybridized carbons (Fsp3) is 0.417. The van der Waals surface area contributed by atoms with Gasteiger partial charge >= 0.3 is 0 Å². The number of benzene rings is 1. The number of hydrogen-bond donors (Lipinski definition) is 2. The first kappa shape index (κ1) is 13.3. The third-order valence-electron chi connectivity index (χ3n) is 2.26. The Morgan fingerprint density at radius 2 is 2.18 bits per heavy atom. The third kappa shape index (κ3) is 3.35. The van der Waals surface area contributed by atoms with Crippen LogP contribution in [0, 0.1) is 0 Å². The summed E-state index contributed by atoms with van der Waals surface area (Å²) < 4.78 is 9.85. The molecular formula is C12H17NO4. The van der Waals surface area contributed by atoms with E-state index < -0.39 is 0 Å². The summed E-state index contributed by atoms with van der Waals surface area (Å²) in [6.45, 7) is 2.23. The fourth-order valence-electron chi connectivity index (χ4n) is 1.46. The molecule has 0 bridgehead atoms. The summed E-state index contributed by atoms with van der Waals surface area (Å²) in [5.74, 6) is -0.236. The molecule has 5 heteroatoms. The van der Waals surface area contributed by atoms with E-state index in [1.165, 1.54) is 13.2 Å². The van der Waals surface area contributed by atoms with E-state index in [0.29, 0.717) is 6.61 Å². The van der Waals surface area contributed by atoms with Crippen LogP contribution < -0.4 is 10.1 Å². The molecule has 0 aliphatic heterocycles. The second kappa shape index (κ2) is 6.10. The molecule has 0 saturated heterocycles. The maximum Gasteiger partial charge on any atom is 0.255 e. The Morgan fingerprint density at radius 3 is 2.76 bits per heavy atom. The van der Waals surface area contributed by atoms with E-state index in [-0.39, 0.29) is 29.0 Å². The van der Waals surface area contributed by atoms with Gasteiger partial charge in [-0.1, -0.05) is 6.07 Å². The molecule has 1 rings (SSSR count). The number of phenols is 1. The van der Waals surface area contributed by atoms with Gasteiger partial charge in [-0.2, -0.15) is 0 Å². The van der Waals surface area contributed by atoms with Crippen molar-refractivity contribution in [2.45, 2.75) is 13.0 Å². The lowest BCUT2D eigenvalue weighted by Gasteiger charge is -2.14. The molecule has 0 aliphatic carbocycles. The second-order valence-corrected chi connectivity index (χ2v) is 3.69. The molecule has 1 aromatic carbocycles. The van der Waals surface area contributed by atoms with Crippen molar-refractivity contribution in [1.29, 1.82) is 0 Å². The van der Waals surface area contributed by atoms with E-state index in [9.17, 15) is 9.90 Å². The van der Waals surface area contributed by atoms with Crippen molar-refractivity contribution >= 4 is 5.91 Å². The van der Waals surface area contributed by atoms with E-state index in [1.54, 1.807) is 19.2 Å². The zero-order valence-corrected chi connectivity index (χ0v) is 10.2. The van der Waals surface area contributed by atoms with Gasteiger partial charge in [0.1, 0.15) is 0 Å². The molecule has 2 N–H and O–H groups in total. The SMILES string of the molecule is COCC(C)NC(=O)c1cccc(OC)c1O.